The fourth-order valence-corrected chi connectivity index (χ4v) is 3.34. The van der Waals surface area contributed by atoms with Crippen LogP contribution < -0.4 is 5.32 Å². The topological polar surface area (TPSA) is 61.6 Å². The molecule has 6 nitrogen and oxygen atoms in total. The minimum atomic E-state index is 0.106. The molecular weight excluding hydrogens is 304 g/mol. The first kappa shape index (κ1) is 18.9. The van der Waals surface area contributed by atoms with Crippen LogP contribution in [0, 0.1) is 19.8 Å². The number of aryl methyl sites for hydroxylation is 2. The Balaban J connectivity index is 1.80. The highest BCUT2D eigenvalue weighted by atomic mass is 16.5. The van der Waals surface area contributed by atoms with Crippen LogP contribution in [0.15, 0.2) is 4.52 Å². The maximum atomic E-state index is 12.2. The van der Waals surface area contributed by atoms with E-state index in [0.717, 1.165) is 49.7 Å². The standard InChI is InChI=1S/C18H32N4O2/c1-13(2)17(22-10-8-21(5)9-11-22)12-19-18(23)7-6-16-14(3)20-24-15(16)4/h13,17H,6-12H2,1-5H3,(H,19,23). The van der Waals surface area contributed by atoms with Crippen molar-refractivity contribution in [3.8, 4) is 0 Å². The normalized spacial score (nSPS) is 18.1. The monoisotopic (exact) mass is 336 g/mol. The van der Waals surface area contributed by atoms with E-state index in [-0.39, 0.29) is 5.91 Å². The molecule has 0 saturated carbocycles. The Morgan fingerprint density at radius 1 is 1.25 bits per heavy atom. The summed E-state index contributed by atoms with van der Waals surface area (Å²) in [6.07, 6.45) is 1.17. The van der Waals surface area contributed by atoms with Crippen LogP contribution >= 0.6 is 0 Å². The zero-order valence-electron chi connectivity index (χ0n) is 15.8. The van der Waals surface area contributed by atoms with Crippen LogP contribution in [0.25, 0.3) is 0 Å². The van der Waals surface area contributed by atoms with Gasteiger partial charge in [0, 0.05) is 50.7 Å². The predicted molar refractivity (Wildman–Crippen MR) is 95.0 cm³/mol. The number of aromatic nitrogens is 1. The first-order valence-electron chi connectivity index (χ1n) is 8.99. The second kappa shape index (κ2) is 8.62. The smallest absolute Gasteiger partial charge is 0.220 e. The molecule has 1 aromatic rings. The number of amides is 1. The first-order chi connectivity index (χ1) is 11.4. The average Bonchev–Trinajstić information content (AvgIpc) is 2.85. The first-order valence-corrected chi connectivity index (χ1v) is 8.99. The number of likely N-dealkylation sites (N-methyl/N-ethyl adjacent to an activating group) is 1. The summed E-state index contributed by atoms with van der Waals surface area (Å²) >= 11 is 0. The highest BCUT2D eigenvalue weighted by Crippen LogP contribution is 2.15. The van der Waals surface area contributed by atoms with Crippen molar-refractivity contribution in [2.75, 3.05) is 39.8 Å². The van der Waals surface area contributed by atoms with Crippen LogP contribution in [0.4, 0.5) is 0 Å². The van der Waals surface area contributed by atoms with E-state index in [1.54, 1.807) is 0 Å². The van der Waals surface area contributed by atoms with Gasteiger partial charge in [0.25, 0.3) is 0 Å². The number of hydrogen-bond acceptors (Lipinski definition) is 5. The highest BCUT2D eigenvalue weighted by Gasteiger charge is 2.25. The molecule has 24 heavy (non-hydrogen) atoms. The third-order valence-corrected chi connectivity index (χ3v) is 5.07. The quantitative estimate of drug-likeness (QED) is 0.820. The van der Waals surface area contributed by atoms with Crippen molar-refractivity contribution in [1.82, 2.24) is 20.3 Å². The van der Waals surface area contributed by atoms with E-state index in [9.17, 15) is 4.79 Å². The summed E-state index contributed by atoms with van der Waals surface area (Å²) in [5.41, 5.74) is 1.95. The van der Waals surface area contributed by atoms with E-state index in [4.69, 9.17) is 4.52 Å². The average molecular weight is 336 g/mol. The van der Waals surface area contributed by atoms with E-state index >= 15 is 0 Å². The number of carbonyl (C=O) groups excluding carboxylic acids is 1. The molecular formula is C18H32N4O2. The Morgan fingerprint density at radius 2 is 1.92 bits per heavy atom. The molecule has 2 heterocycles. The summed E-state index contributed by atoms with van der Waals surface area (Å²) in [6.45, 7) is 13.4. The fraction of sp³-hybridized carbons (Fsp3) is 0.778. The Labute approximate surface area is 145 Å². The molecule has 1 saturated heterocycles. The number of nitrogens with zero attached hydrogens (tertiary/aromatic N) is 3. The lowest BCUT2D eigenvalue weighted by Crippen LogP contribution is -2.54. The Morgan fingerprint density at radius 3 is 2.46 bits per heavy atom. The van der Waals surface area contributed by atoms with Crippen LogP contribution in [-0.4, -0.2) is 66.7 Å². The number of hydrogen-bond donors (Lipinski definition) is 1. The second-order valence-electron chi connectivity index (χ2n) is 7.26. The second-order valence-corrected chi connectivity index (χ2v) is 7.26. The lowest BCUT2D eigenvalue weighted by molar-refractivity contribution is -0.121. The van der Waals surface area contributed by atoms with Crippen LogP contribution in [0.1, 0.15) is 37.3 Å². The van der Waals surface area contributed by atoms with E-state index < -0.39 is 0 Å². The van der Waals surface area contributed by atoms with Crippen LogP contribution in [0.5, 0.6) is 0 Å². The van der Waals surface area contributed by atoms with Gasteiger partial charge in [-0.15, -0.1) is 0 Å². The van der Waals surface area contributed by atoms with Gasteiger partial charge in [-0.05, 0) is 33.2 Å². The minimum absolute atomic E-state index is 0.106. The molecule has 0 spiro atoms. The van der Waals surface area contributed by atoms with Crippen molar-refractivity contribution in [3.63, 3.8) is 0 Å². The van der Waals surface area contributed by atoms with Crippen LogP contribution in [-0.2, 0) is 11.2 Å². The minimum Gasteiger partial charge on any atom is -0.361 e. The molecule has 1 aliphatic rings. The number of carbonyl (C=O) groups is 1. The summed E-state index contributed by atoms with van der Waals surface area (Å²) in [5, 5.41) is 7.07. The lowest BCUT2D eigenvalue weighted by Gasteiger charge is -2.39. The molecule has 0 radical (unpaired) electrons. The van der Waals surface area contributed by atoms with E-state index in [1.807, 2.05) is 13.8 Å². The number of nitrogens with one attached hydrogen (secondary N) is 1. The maximum Gasteiger partial charge on any atom is 0.220 e. The zero-order chi connectivity index (χ0) is 17.7. The van der Waals surface area contributed by atoms with Crippen molar-refractivity contribution in [2.45, 2.75) is 46.6 Å². The molecule has 6 heteroatoms. The van der Waals surface area contributed by atoms with Crippen molar-refractivity contribution in [2.24, 2.45) is 5.92 Å². The van der Waals surface area contributed by atoms with Crippen molar-refractivity contribution >= 4 is 5.91 Å². The Hall–Kier alpha value is -1.40. The highest BCUT2D eigenvalue weighted by molar-refractivity contribution is 5.76. The van der Waals surface area contributed by atoms with Crippen LogP contribution in [0.2, 0.25) is 0 Å². The van der Waals surface area contributed by atoms with Gasteiger partial charge < -0.3 is 14.7 Å². The lowest BCUT2D eigenvalue weighted by atomic mass is 10.0. The molecule has 136 valence electrons. The van der Waals surface area contributed by atoms with E-state index in [2.05, 4.69) is 41.2 Å². The molecule has 0 aliphatic carbocycles. The van der Waals surface area contributed by atoms with Gasteiger partial charge in [0.2, 0.25) is 5.91 Å². The molecule has 2 rings (SSSR count). The van der Waals surface area contributed by atoms with Gasteiger partial charge in [-0.25, -0.2) is 0 Å². The van der Waals surface area contributed by atoms with Gasteiger partial charge in [-0.2, -0.15) is 0 Å². The Kier molecular flexibility index (Phi) is 6.80. The van der Waals surface area contributed by atoms with Crippen molar-refractivity contribution in [3.05, 3.63) is 17.0 Å². The van der Waals surface area contributed by atoms with Crippen molar-refractivity contribution in [1.29, 1.82) is 0 Å². The summed E-state index contributed by atoms with van der Waals surface area (Å²) < 4.78 is 5.15. The van der Waals surface area contributed by atoms with E-state index in [1.165, 1.54) is 0 Å². The van der Waals surface area contributed by atoms with Gasteiger partial charge in [0.1, 0.15) is 5.76 Å². The van der Waals surface area contributed by atoms with Crippen LogP contribution in [0.3, 0.4) is 0 Å². The third kappa shape index (κ3) is 5.05. The number of piperazine rings is 1. The summed E-state index contributed by atoms with van der Waals surface area (Å²) in [5.74, 6) is 1.45. The van der Waals surface area contributed by atoms with Gasteiger partial charge in [0.15, 0.2) is 0 Å². The maximum absolute atomic E-state index is 12.2. The molecule has 0 aromatic carbocycles. The molecule has 1 fully saturated rings. The van der Waals surface area contributed by atoms with Gasteiger partial charge in [-0.3, -0.25) is 9.69 Å². The summed E-state index contributed by atoms with van der Waals surface area (Å²) in [6, 6.07) is 0.404. The van der Waals surface area contributed by atoms with E-state index in [0.29, 0.717) is 24.8 Å². The molecule has 1 aliphatic heterocycles. The molecule has 1 aromatic heterocycles. The summed E-state index contributed by atoms with van der Waals surface area (Å²) in [7, 11) is 2.16. The molecule has 1 N–H and O–H groups in total. The zero-order valence-corrected chi connectivity index (χ0v) is 15.8. The molecule has 1 unspecified atom stereocenters. The molecule has 0 bridgehead atoms. The van der Waals surface area contributed by atoms with Gasteiger partial charge in [0.05, 0.1) is 5.69 Å². The molecule has 1 amide bonds. The van der Waals surface area contributed by atoms with Crippen molar-refractivity contribution < 1.29 is 9.32 Å². The molecule has 1 atom stereocenters. The number of rotatable bonds is 7. The Bertz CT molecular complexity index is 514. The fourth-order valence-electron chi connectivity index (χ4n) is 3.34. The SMILES string of the molecule is Cc1noc(C)c1CCC(=O)NCC(C(C)C)N1CCN(C)CC1. The van der Waals surface area contributed by atoms with Gasteiger partial charge in [-0.1, -0.05) is 19.0 Å². The summed E-state index contributed by atoms with van der Waals surface area (Å²) in [4.78, 5) is 17.1. The third-order valence-electron chi connectivity index (χ3n) is 5.07. The van der Waals surface area contributed by atoms with Gasteiger partial charge >= 0.3 is 0 Å². The largest absolute Gasteiger partial charge is 0.361 e. The predicted octanol–water partition coefficient (Wildman–Crippen LogP) is 1.61.